The molecule has 2 nitrogen and oxygen atoms in total. The van der Waals surface area contributed by atoms with E-state index in [4.69, 9.17) is 0 Å². The number of carbonyl (C=O) groups is 2. The van der Waals surface area contributed by atoms with Crippen LogP contribution in [-0.4, -0.2) is 11.6 Å². The maximum Gasteiger partial charge on any atom is 0.159 e. The monoisotopic (exact) mass is 424 g/mol. The average molecular weight is 425 g/mol. The van der Waals surface area contributed by atoms with E-state index in [9.17, 15) is 9.59 Å². The fraction of sp³-hybridized carbons (Fsp3) is 0.793. The molecule has 4 aliphatic rings. The molecule has 7 atom stereocenters. The Morgan fingerprint density at radius 3 is 2.48 bits per heavy atom. The van der Waals surface area contributed by atoms with Gasteiger partial charge in [0.05, 0.1) is 0 Å². The van der Waals surface area contributed by atoms with Gasteiger partial charge in [0, 0.05) is 24.3 Å². The van der Waals surface area contributed by atoms with Gasteiger partial charge >= 0.3 is 0 Å². The molecule has 4 aliphatic carbocycles. The Labute approximate surface area is 190 Å². The van der Waals surface area contributed by atoms with Gasteiger partial charge in [0.15, 0.2) is 5.78 Å². The molecule has 4 rings (SSSR count). The molecule has 2 heteroatoms. The van der Waals surface area contributed by atoms with Gasteiger partial charge in [0.1, 0.15) is 5.78 Å². The topological polar surface area (TPSA) is 34.1 Å². The van der Waals surface area contributed by atoms with Gasteiger partial charge in [-0.25, -0.2) is 0 Å². The first-order chi connectivity index (χ1) is 14.5. The van der Waals surface area contributed by atoms with Crippen molar-refractivity contribution in [2.24, 2.45) is 46.3 Å². The minimum absolute atomic E-state index is 0.0714. The number of carbonyl (C=O) groups excluding carboxylic acids is 2. The summed E-state index contributed by atoms with van der Waals surface area (Å²) in [6.45, 7) is 18.1. The van der Waals surface area contributed by atoms with E-state index in [1.165, 1.54) is 36.0 Å². The first-order valence-corrected chi connectivity index (χ1v) is 13.0. The molecule has 0 heterocycles. The standard InChI is InChI=1S/C29H44O2/c1-17(2)18(3)8-9-19(4)22-12-13-24-21-10-11-23-20(5)25(30)14-15-28(23,6)27(21)26(31)16-29(22,24)7/h17,19-20,22-24H,3,8-16H2,1-2,4-7H3/t19-,20+,22-,23?,24+,28+,29-/m1/s1. The summed E-state index contributed by atoms with van der Waals surface area (Å²) in [6, 6.07) is 0. The zero-order chi connectivity index (χ0) is 22.7. The van der Waals surface area contributed by atoms with Crippen LogP contribution in [0.3, 0.4) is 0 Å². The Morgan fingerprint density at radius 1 is 1.10 bits per heavy atom. The van der Waals surface area contributed by atoms with Crippen molar-refractivity contribution < 1.29 is 9.59 Å². The van der Waals surface area contributed by atoms with Crippen LogP contribution in [0.5, 0.6) is 0 Å². The summed E-state index contributed by atoms with van der Waals surface area (Å²) in [4.78, 5) is 26.2. The van der Waals surface area contributed by atoms with Crippen LogP contribution in [0.15, 0.2) is 23.3 Å². The van der Waals surface area contributed by atoms with Crippen LogP contribution in [0.1, 0.15) is 99.3 Å². The number of fused-ring (bicyclic) bond motifs is 4. The quantitative estimate of drug-likeness (QED) is 0.433. The zero-order valence-corrected chi connectivity index (χ0v) is 20.9. The Kier molecular flexibility index (Phi) is 5.93. The molecule has 0 aromatic heterocycles. The number of Topliss-reactive ketones (excluding diaryl/α,β-unsaturated/α-hetero) is 2. The normalized spacial score (nSPS) is 41.1. The third kappa shape index (κ3) is 3.51. The van der Waals surface area contributed by atoms with Crippen LogP contribution in [0.25, 0.3) is 0 Å². The lowest BCUT2D eigenvalue weighted by Crippen LogP contribution is -2.50. The van der Waals surface area contributed by atoms with Gasteiger partial charge in [0.25, 0.3) is 0 Å². The molecule has 1 unspecified atom stereocenters. The van der Waals surface area contributed by atoms with Gasteiger partial charge in [-0.15, -0.1) is 0 Å². The van der Waals surface area contributed by atoms with Crippen molar-refractivity contribution in [3.05, 3.63) is 23.3 Å². The van der Waals surface area contributed by atoms with Crippen LogP contribution in [0, 0.1) is 46.3 Å². The number of allylic oxidation sites excluding steroid dienone is 3. The maximum absolute atomic E-state index is 13.8. The summed E-state index contributed by atoms with van der Waals surface area (Å²) in [5.74, 6) is 3.71. The smallest absolute Gasteiger partial charge is 0.159 e. The highest BCUT2D eigenvalue weighted by Gasteiger charge is 2.59. The largest absolute Gasteiger partial charge is 0.299 e. The lowest BCUT2D eigenvalue weighted by atomic mass is 9.48. The second-order valence-corrected chi connectivity index (χ2v) is 12.4. The molecule has 2 saturated carbocycles. The average Bonchev–Trinajstić information content (AvgIpc) is 3.05. The van der Waals surface area contributed by atoms with Crippen molar-refractivity contribution in [1.29, 1.82) is 0 Å². The molecule has 0 aromatic rings. The van der Waals surface area contributed by atoms with Crippen molar-refractivity contribution in [2.45, 2.75) is 99.3 Å². The fourth-order valence-corrected chi connectivity index (χ4v) is 8.46. The summed E-state index contributed by atoms with van der Waals surface area (Å²) in [5, 5.41) is 0. The second kappa shape index (κ2) is 7.99. The summed E-state index contributed by atoms with van der Waals surface area (Å²) in [5.41, 5.74) is 4.11. The van der Waals surface area contributed by atoms with Crippen LogP contribution in [0.4, 0.5) is 0 Å². The minimum atomic E-state index is -0.0714. The maximum atomic E-state index is 13.8. The first kappa shape index (κ1) is 23.0. The van der Waals surface area contributed by atoms with E-state index in [0.717, 1.165) is 32.1 Å². The molecule has 0 spiro atoms. The molecule has 0 aromatic carbocycles. The Morgan fingerprint density at radius 2 is 1.81 bits per heavy atom. The number of hydrogen-bond donors (Lipinski definition) is 0. The van der Waals surface area contributed by atoms with Gasteiger partial charge in [-0.05, 0) is 85.4 Å². The van der Waals surface area contributed by atoms with E-state index in [-0.39, 0.29) is 16.7 Å². The first-order valence-electron chi connectivity index (χ1n) is 13.0. The van der Waals surface area contributed by atoms with Gasteiger partial charge < -0.3 is 0 Å². The number of hydrogen-bond acceptors (Lipinski definition) is 2. The predicted molar refractivity (Wildman–Crippen MR) is 128 cm³/mol. The summed E-state index contributed by atoms with van der Waals surface area (Å²) in [7, 11) is 0. The van der Waals surface area contributed by atoms with Crippen molar-refractivity contribution in [3.63, 3.8) is 0 Å². The van der Waals surface area contributed by atoms with Crippen LogP contribution >= 0.6 is 0 Å². The molecular formula is C29H44O2. The van der Waals surface area contributed by atoms with E-state index in [1.807, 2.05) is 0 Å². The van der Waals surface area contributed by atoms with Crippen LogP contribution < -0.4 is 0 Å². The summed E-state index contributed by atoms with van der Waals surface area (Å²) in [6.07, 6.45) is 9.22. The summed E-state index contributed by atoms with van der Waals surface area (Å²) < 4.78 is 0. The number of ketones is 2. The van der Waals surface area contributed by atoms with E-state index in [0.29, 0.717) is 47.6 Å². The van der Waals surface area contributed by atoms with E-state index in [2.05, 4.69) is 48.1 Å². The fourth-order valence-electron chi connectivity index (χ4n) is 8.46. The molecule has 0 amide bonds. The molecule has 0 N–H and O–H groups in total. The molecular weight excluding hydrogens is 380 g/mol. The number of rotatable bonds is 5. The molecule has 0 aliphatic heterocycles. The van der Waals surface area contributed by atoms with Gasteiger partial charge in [0.2, 0.25) is 0 Å². The highest BCUT2D eigenvalue weighted by atomic mass is 16.1. The van der Waals surface area contributed by atoms with Gasteiger partial charge in [-0.2, -0.15) is 0 Å². The molecule has 31 heavy (non-hydrogen) atoms. The van der Waals surface area contributed by atoms with Crippen molar-refractivity contribution >= 4 is 11.6 Å². The predicted octanol–water partition coefficient (Wildman–Crippen LogP) is 7.33. The lowest BCUT2D eigenvalue weighted by molar-refractivity contribution is -0.133. The second-order valence-electron chi connectivity index (χ2n) is 12.4. The van der Waals surface area contributed by atoms with Crippen molar-refractivity contribution in [1.82, 2.24) is 0 Å². The third-order valence-electron chi connectivity index (χ3n) is 10.5. The Hall–Kier alpha value is -1.18. The minimum Gasteiger partial charge on any atom is -0.299 e. The van der Waals surface area contributed by atoms with Gasteiger partial charge in [-0.3, -0.25) is 9.59 Å². The SMILES string of the molecule is C=C(CC[C@@H](C)[C@H]1CC[C@H]2C3=C(C(=O)C[C@]12C)[C@@]1(C)CCC(=O)[C@@H](C)C1CC3)C(C)C. The van der Waals surface area contributed by atoms with Crippen molar-refractivity contribution in [2.75, 3.05) is 0 Å². The Balaban J connectivity index is 1.61. The molecule has 0 radical (unpaired) electrons. The Bertz CT molecular complexity index is 817. The molecule has 0 saturated heterocycles. The van der Waals surface area contributed by atoms with Crippen LogP contribution in [0.2, 0.25) is 0 Å². The highest BCUT2D eigenvalue weighted by molar-refractivity contribution is 6.00. The van der Waals surface area contributed by atoms with E-state index >= 15 is 0 Å². The van der Waals surface area contributed by atoms with Crippen LogP contribution in [-0.2, 0) is 9.59 Å². The lowest BCUT2D eigenvalue weighted by Gasteiger charge is -2.54. The molecule has 0 bridgehead atoms. The van der Waals surface area contributed by atoms with E-state index < -0.39 is 0 Å². The molecule has 2 fully saturated rings. The third-order valence-corrected chi connectivity index (χ3v) is 10.5. The highest BCUT2D eigenvalue weighted by Crippen LogP contribution is 2.65. The zero-order valence-electron chi connectivity index (χ0n) is 20.9. The van der Waals surface area contributed by atoms with E-state index in [1.54, 1.807) is 0 Å². The van der Waals surface area contributed by atoms with Gasteiger partial charge in [-0.1, -0.05) is 59.3 Å². The molecule has 172 valence electrons. The summed E-state index contributed by atoms with van der Waals surface area (Å²) >= 11 is 0. The van der Waals surface area contributed by atoms with Crippen molar-refractivity contribution in [3.8, 4) is 0 Å².